The first kappa shape index (κ1) is 17.7. The number of hydrogen-bond acceptors (Lipinski definition) is 9. The van der Waals surface area contributed by atoms with Crippen molar-refractivity contribution in [1.29, 1.82) is 0 Å². The van der Waals surface area contributed by atoms with E-state index in [4.69, 9.17) is 14.2 Å². The van der Waals surface area contributed by atoms with Gasteiger partial charge >= 0.3 is 0 Å². The fraction of sp³-hybridized carbons (Fsp3) is 0.400. The average molecular weight is 339 g/mol. The van der Waals surface area contributed by atoms with Gasteiger partial charge in [0, 0.05) is 5.69 Å². The van der Waals surface area contributed by atoms with Gasteiger partial charge in [-0.15, -0.1) is 0 Å². The van der Waals surface area contributed by atoms with E-state index in [9.17, 15) is 19.5 Å². The van der Waals surface area contributed by atoms with Gasteiger partial charge in [-0.2, -0.15) is 0 Å². The number of carbonyl (C=O) groups is 3. The van der Waals surface area contributed by atoms with Gasteiger partial charge in [0.25, 0.3) is 19.4 Å². The van der Waals surface area contributed by atoms with Crippen LogP contribution in [-0.2, 0) is 33.3 Å². The Morgan fingerprint density at radius 1 is 1.04 bits per heavy atom. The molecule has 0 spiro atoms. The summed E-state index contributed by atoms with van der Waals surface area (Å²) in [7, 11) is 0. The molecule has 1 aliphatic rings. The van der Waals surface area contributed by atoms with Crippen LogP contribution in [0.25, 0.3) is 0 Å². The van der Waals surface area contributed by atoms with E-state index >= 15 is 0 Å². The van der Waals surface area contributed by atoms with Crippen LogP contribution in [-0.4, -0.2) is 61.8 Å². The van der Waals surface area contributed by atoms with Crippen LogP contribution < -0.4 is 5.32 Å². The molecule has 0 saturated carbocycles. The Kier molecular flexibility index (Phi) is 6.52. The number of rotatable bonds is 9. The minimum Gasteiger partial charge on any atom is -0.465 e. The highest BCUT2D eigenvalue weighted by Crippen LogP contribution is 2.27. The van der Waals surface area contributed by atoms with Gasteiger partial charge in [0.2, 0.25) is 0 Å². The molecule has 9 nitrogen and oxygen atoms in total. The van der Waals surface area contributed by atoms with Crippen LogP contribution in [0.5, 0.6) is 0 Å². The Bertz CT molecular complexity index is 540. The van der Waals surface area contributed by atoms with Crippen molar-refractivity contribution in [3.63, 3.8) is 0 Å². The molecule has 0 unspecified atom stereocenters. The first-order valence-electron chi connectivity index (χ1n) is 7.09. The van der Waals surface area contributed by atoms with E-state index in [1.807, 2.05) is 6.07 Å². The number of aliphatic hydroxyl groups excluding tert-OH is 1. The van der Waals surface area contributed by atoms with Crippen molar-refractivity contribution in [3.8, 4) is 0 Å². The number of carbonyl (C=O) groups excluding carboxylic acids is 3. The lowest BCUT2D eigenvalue weighted by molar-refractivity contribution is -0.252. The molecule has 1 saturated heterocycles. The van der Waals surface area contributed by atoms with Gasteiger partial charge in [0.15, 0.2) is 18.5 Å². The zero-order valence-electron chi connectivity index (χ0n) is 12.5. The number of anilines is 1. The normalized spacial score (nSPS) is 29.1. The highest BCUT2D eigenvalue weighted by molar-refractivity contribution is 5.46. The number of hydrogen-bond donors (Lipinski definition) is 2. The zero-order chi connectivity index (χ0) is 17.4. The van der Waals surface area contributed by atoms with Crippen LogP contribution in [0.15, 0.2) is 30.3 Å². The van der Waals surface area contributed by atoms with E-state index in [-0.39, 0.29) is 26.0 Å². The van der Waals surface area contributed by atoms with Gasteiger partial charge in [0.1, 0.15) is 18.8 Å². The Labute approximate surface area is 137 Å². The van der Waals surface area contributed by atoms with Crippen LogP contribution in [0.1, 0.15) is 0 Å². The highest BCUT2D eigenvalue weighted by atomic mass is 16.7. The number of aliphatic hydroxyl groups is 1. The van der Waals surface area contributed by atoms with Crippen LogP contribution in [0, 0.1) is 0 Å². The van der Waals surface area contributed by atoms with Crippen LogP contribution in [0.4, 0.5) is 5.69 Å². The third kappa shape index (κ3) is 4.21. The van der Waals surface area contributed by atoms with Crippen LogP contribution in [0.2, 0.25) is 0 Å². The molecule has 5 atom stereocenters. The van der Waals surface area contributed by atoms with E-state index in [0.29, 0.717) is 5.69 Å². The molecular formula is C15H17NO8. The lowest BCUT2D eigenvalue weighted by atomic mass is 9.96. The molecule has 0 aliphatic carbocycles. The van der Waals surface area contributed by atoms with Crippen LogP contribution in [0.3, 0.4) is 0 Å². The summed E-state index contributed by atoms with van der Waals surface area (Å²) in [5.74, 6) is 0. The summed E-state index contributed by atoms with van der Waals surface area (Å²) in [6.07, 6.45) is -4.52. The van der Waals surface area contributed by atoms with Gasteiger partial charge in [0.05, 0.1) is 0 Å². The second-order valence-electron chi connectivity index (χ2n) is 4.92. The van der Waals surface area contributed by atoms with E-state index in [0.717, 1.165) is 0 Å². The molecule has 1 fully saturated rings. The summed E-state index contributed by atoms with van der Waals surface area (Å²) in [4.78, 5) is 32.0. The zero-order valence-corrected chi connectivity index (χ0v) is 12.5. The number of ether oxygens (including phenoxy) is 4. The maximum absolute atomic E-state index is 10.8. The minimum absolute atomic E-state index is 0.167. The maximum atomic E-state index is 10.8. The monoisotopic (exact) mass is 339 g/mol. The Morgan fingerprint density at radius 2 is 1.71 bits per heavy atom. The van der Waals surface area contributed by atoms with Gasteiger partial charge in [-0.1, -0.05) is 18.2 Å². The topological polar surface area (TPSA) is 120 Å². The van der Waals surface area contributed by atoms with Crippen molar-refractivity contribution in [2.45, 2.75) is 30.6 Å². The molecular weight excluding hydrogens is 322 g/mol. The fourth-order valence-corrected chi connectivity index (χ4v) is 2.52. The molecule has 0 aromatic heterocycles. The van der Waals surface area contributed by atoms with E-state index in [2.05, 4.69) is 10.1 Å². The molecule has 1 aliphatic heterocycles. The maximum Gasteiger partial charge on any atom is 0.293 e. The second-order valence-corrected chi connectivity index (χ2v) is 4.92. The van der Waals surface area contributed by atoms with Gasteiger partial charge in [-0.25, -0.2) is 0 Å². The number of benzene rings is 1. The number of nitrogens with one attached hydrogen (secondary N) is 1. The predicted molar refractivity (Wildman–Crippen MR) is 78.6 cm³/mol. The Morgan fingerprint density at radius 3 is 2.33 bits per heavy atom. The van der Waals surface area contributed by atoms with Crippen molar-refractivity contribution in [3.05, 3.63) is 30.3 Å². The number of para-hydroxylation sites is 1. The van der Waals surface area contributed by atoms with Gasteiger partial charge in [-0.3, -0.25) is 14.4 Å². The van der Waals surface area contributed by atoms with Crippen molar-refractivity contribution >= 4 is 25.1 Å². The van der Waals surface area contributed by atoms with Gasteiger partial charge in [-0.05, 0) is 12.1 Å². The molecule has 2 N–H and O–H groups in total. The minimum atomic E-state index is -1.40. The van der Waals surface area contributed by atoms with E-state index in [1.54, 1.807) is 24.3 Å². The van der Waals surface area contributed by atoms with Crippen LogP contribution >= 0.6 is 0 Å². The standard InChI is InChI=1S/C15H17NO8/c17-7-21-6-11-13(22-8-18)14(23-9-19)12(15(20)24-11)16-10-4-2-1-3-5-10/h1-5,7-9,11-16,20H,6H2/t11-,12+,13+,14-,15-/m0/s1. The van der Waals surface area contributed by atoms with Crippen molar-refractivity contribution in [2.75, 3.05) is 11.9 Å². The SMILES string of the molecule is O=COC[C@@H]1O[C@H](O)[C@H](Nc2ccccc2)[C@H](OC=O)[C@@H]1OC=O. The van der Waals surface area contributed by atoms with Crippen molar-refractivity contribution in [2.24, 2.45) is 0 Å². The third-order valence-corrected chi connectivity index (χ3v) is 3.53. The van der Waals surface area contributed by atoms with E-state index < -0.39 is 30.6 Å². The summed E-state index contributed by atoms with van der Waals surface area (Å²) in [5, 5.41) is 13.2. The molecule has 0 radical (unpaired) electrons. The molecule has 0 bridgehead atoms. The summed E-state index contributed by atoms with van der Waals surface area (Å²) in [6.45, 7) is 0.259. The molecule has 130 valence electrons. The molecule has 0 amide bonds. The van der Waals surface area contributed by atoms with Gasteiger partial charge < -0.3 is 29.4 Å². The Hall–Kier alpha value is -2.65. The second kappa shape index (κ2) is 8.85. The molecule has 1 aromatic carbocycles. The quantitative estimate of drug-likeness (QED) is 0.450. The lowest BCUT2D eigenvalue weighted by Crippen LogP contribution is -2.62. The summed E-state index contributed by atoms with van der Waals surface area (Å²) >= 11 is 0. The highest BCUT2D eigenvalue weighted by Gasteiger charge is 2.48. The molecule has 1 heterocycles. The first-order chi connectivity index (χ1) is 11.7. The first-order valence-corrected chi connectivity index (χ1v) is 7.09. The van der Waals surface area contributed by atoms with E-state index in [1.165, 1.54) is 0 Å². The molecule has 2 rings (SSSR count). The van der Waals surface area contributed by atoms with Crippen molar-refractivity contribution < 1.29 is 38.4 Å². The summed E-state index contributed by atoms with van der Waals surface area (Å²) in [5.41, 5.74) is 0.636. The Balaban J connectivity index is 2.23. The molecule has 9 heteroatoms. The smallest absolute Gasteiger partial charge is 0.293 e. The predicted octanol–water partition coefficient (Wildman–Crippen LogP) is -0.560. The fourth-order valence-electron chi connectivity index (χ4n) is 2.52. The average Bonchev–Trinajstić information content (AvgIpc) is 2.60. The molecule has 1 aromatic rings. The summed E-state index contributed by atoms with van der Waals surface area (Å²) in [6, 6.07) is 7.92. The summed E-state index contributed by atoms with van der Waals surface area (Å²) < 4.78 is 19.9. The van der Waals surface area contributed by atoms with Crippen molar-refractivity contribution in [1.82, 2.24) is 0 Å². The lowest BCUT2D eigenvalue weighted by Gasteiger charge is -2.42. The largest absolute Gasteiger partial charge is 0.465 e. The molecule has 24 heavy (non-hydrogen) atoms. The third-order valence-electron chi connectivity index (χ3n) is 3.53.